The van der Waals surface area contributed by atoms with Gasteiger partial charge in [0.1, 0.15) is 12.1 Å². The number of aryl methyl sites for hydroxylation is 1. The number of benzene rings is 1. The van der Waals surface area contributed by atoms with Crippen LogP contribution in [0.15, 0.2) is 30.5 Å². The van der Waals surface area contributed by atoms with Crippen LogP contribution in [0.4, 0.5) is 0 Å². The Morgan fingerprint density at radius 3 is 2.59 bits per heavy atom. The molecule has 0 saturated carbocycles. The van der Waals surface area contributed by atoms with Crippen molar-refractivity contribution < 1.29 is 9.59 Å². The molecule has 2 aromatic rings. The molecular weight excluding hydrogens is 298 g/mol. The van der Waals surface area contributed by atoms with Gasteiger partial charge in [-0.3, -0.25) is 9.59 Å². The number of hydrogen-bond acceptors (Lipinski definition) is 3. The van der Waals surface area contributed by atoms with Gasteiger partial charge >= 0.3 is 0 Å². The number of carbonyl (C=O) groups is 2. The first-order valence-electron chi connectivity index (χ1n) is 7.22. The molecule has 2 heterocycles. The summed E-state index contributed by atoms with van der Waals surface area (Å²) in [5.41, 5.74) is 2.20. The molecule has 0 aliphatic carbocycles. The van der Waals surface area contributed by atoms with Gasteiger partial charge in [0.15, 0.2) is 0 Å². The molecule has 22 heavy (non-hydrogen) atoms. The topological polar surface area (TPSA) is 63.1 Å². The summed E-state index contributed by atoms with van der Waals surface area (Å²) < 4.78 is 2.05. The van der Waals surface area contributed by atoms with Gasteiger partial charge in [-0.15, -0.1) is 0 Å². The van der Waals surface area contributed by atoms with Gasteiger partial charge in [-0.05, 0) is 17.9 Å². The van der Waals surface area contributed by atoms with E-state index in [4.69, 9.17) is 0 Å². The lowest BCUT2D eigenvalue weighted by molar-refractivity contribution is -0.136. The summed E-state index contributed by atoms with van der Waals surface area (Å²) in [4.78, 5) is 24.3. The number of thioether (sulfide) groups is 1. The van der Waals surface area contributed by atoms with Crippen LogP contribution in [0.2, 0.25) is 0 Å². The number of hydrogen-bond donors (Lipinski definition) is 2. The highest BCUT2D eigenvalue weighted by Gasteiger charge is 2.33. The quantitative estimate of drug-likeness (QED) is 0.886. The minimum Gasteiger partial charge on any atom is -0.350 e. The summed E-state index contributed by atoms with van der Waals surface area (Å²) >= 11 is 1.55. The molecule has 1 saturated heterocycles. The number of nitrogens with zero attached hydrogens (tertiary/aromatic N) is 1. The number of amides is 2. The standard InChI is InChI=1S/C16H19N3O2S/c1-19-8-10(11-5-3-4-6-14(11)19)7-12-15(20)18-13(9-22-2)16(21)17-12/h3-6,8,12-13H,7,9H2,1-2H3,(H,17,21)(H,18,20)/t12-,13+/m0/s1. The Morgan fingerprint density at radius 1 is 1.14 bits per heavy atom. The maximum absolute atomic E-state index is 12.2. The van der Waals surface area contributed by atoms with Gasteiger partial charge in [-0.2, -0.15) is 11.8 Å². The smallest absolute Gasteiger partial charge is 0.244 e. The Hall–Kier alpha value is -1.95. The van der Waals surface area contributed by atoms with Crippen LogP contribution in [-0.2, 0) is 23.1 Å². The zero-order valence-corrected chi connectivity index (χ0v) is 13.4. The van der Waals surface area contributed by atoms with Gasteiger partial charge in [0.2, 0.25) is 11.8 Å². The number of para-hydroxylation sites is 1. The predicted molar refractivity (Wildman–Crippen MR) is 88.9 cm³/mol. The van der Waals surface area contributed by atoms with Crippen LogP contribution >= 0.6 is 11.8 Å². The van der Waals surface area contributed by atoms with Crippen molar-refractivity contribution in [2.24, 2.45) is 7.05 Å². The van der Waals surface area contributed by atoms with E-state index in [0.717, 1.165) is 16.5 Å². The zero-order valence-electron chi connectivity index (χ0n) is 12.6. The molecule has 0 bridgehead atoms. The first-order chi connectivity index (χ1) is 10.6. The molecule has 1 aliphatic heterocycles. The molecule has 0 radical (unpaired) electrons. The Bertz CT molecular complexity index is 725. The lowest BCUT2D eigenvalue weighted by Gasteiger charge is -2.29. The third-order valence-corrected chi connectivity index (χ3v) is 4.67. The third-order valence-electron chi connectivity index (χ3n) is 4.00. The zero-order chi connectivity index (χ0) is 15.7. The maximum atomic E-state index is 12.2. The normalized spacial score (nSPS) is 21.7. The van der Waals surface area contributed by atoms with Crippen molar-refractivity contribution in [2.45, 2.75) is 18.5 Å². The first-order valence-corrected chi connectivity index (χ1v) is 8.62. The third kappa shape index (κ3) is 2.70. The van der Waals surface area contributed by atoms with Crippen LogP contribution in [0.1, 0.15) is 5.56 Å². The van der Waals surface area contributed by atoms with Crippen molar-refractivity contribution in [3.63, 3.8) is 0 Å². The number of rotatable bonds is 4. The highest BCUT2D eigenvalue weighted by molar-refractivity contribution is 7.98. The molecule has 1 fully saturated rings. The molecule has 2 atom stereocenters. The van der Waals surface area contributed by atoms with Gasteiger partial charge in [0.25, 0.3) is 0 Å². The SMILES string of the molecule is CSC[C@H]1NC(=O)[C@H](Cc2cn(C)c3ccccc23)NC1=O. The van der Waals surface area contributed by atoms with E-state index < -0.39 is 12.1 Å². The lowest BCUT2D eigenvalue weighted by atomic mass is 10.0. The van der Waals surface area contributed by atoms with Crippen LogP contribution < -0.4 is 10.6 Å². The Balaban J connectivity index is 1.81. The highest BCUT2D eigenvalue weighted by atomic mass is 32.2. The van der Waals surface area contributed by atoms with Crippen molar-refractivity contribution in [2.75, 3.05) is 12.0 Å². The summed E-state index contributed by atoms with van der Waals surface area (Å²) in [5, 5.41) is 6.79. The number of carbonyl (C=O) groups excluding carboxylic acids is 2. The first kappa shape index (κ1) is 15.0. The number of nitrogens with one attached hydrogen (secondary N) is 2. The number of fused-ring (bicyclic) bond motifs is 1. The van der Waals surface area contributed by atoms with Crippen molar-refractivity contribution in [1.29, 1.82) is 0 Å². The molecule has 1 aliphatic rings. The monoisotopic (exact) mass is 317 g/mol. The van der Waals surface area contributed by atoms with Crippen LogP contribution in [0.5, 0.6) is 0 Å². The minimum absolute atomic E-state index is 0.0980. The van der Waals surface area contributed by atoms with Crippen LogP contribution in [-0.4, -0.2) is 40.5 Å². The highest BCUT2D eigenvalue weighted by Crippen LogP contribution is 2.22. The minimum atomic E-state index is -0.503. The van der Waals surface area contributed by atoms with E-state index in [9.17, 15) is 9.59 Å². The van der Waals surface area contributed by atoms with E-state index in [1.807, 2.05) is 48.3 Å². The van der Waals surface area contributed by atoms with Crippen molar-refractivity contribution in [3.05, 3.63) is 36.0 Å². The van der Waals surface area contributed by atoms with Crippen LogP contribution in [0.3, 0.4) is 0 Å². The molecule has 1 aromatic heterocycles. The Kier molecular flexibility index (Phi) is 4.11. The summed E-state index contributed by atoms with van der Waals surface area (Å²) in [7, 11) is 1.99. The summed E-state index contributed by atoms with van der Waals surface area (Å²) in [5.74, 6) is 0.393. The average molecular weight is 317 g/mol. The number of aromatic nitrogens is 1. The fraction of sp³-hybridized carbons (Fsp3) is 0.375. The van der Waals surface area contributed by atoms with E-state index in [1.54, 1.807) is 11.8 Å². The van der Waals surface area contributed by atoms with E-state index in [2.05, 4.69) is 10.6 Å². The summed E-state index contributed by atoms with van der Waals surface area (Å²) in [6.07, 6.45) is 4.45. The van der Waals surface area contributed by atoms with Gasteiger partial charge in [-0.25, -0.2) is 0 Å². The second-order valence-electron chi connectivity index (χ2n) is 5.56. The van der Waals surface area contributed by atoms with E-state index in [0.29, 0.717) is 12.2 Å². The average Bonchev–Trinajstić information content (AvgIpc) is 2.82. The van der Waals surface area contributed by atoms with Crippen LogP contribution in [0.25, 0.3) is 10.9 Å². The molecule has 3 rings (SSSR count). The van der Waals surface area contributed by atoms with Crippen molar-refractivity contribution in [3.8, 4) is 0 Å². The van der Waals surface area contributed by atoms with E-state index in [-0.39, 0.29) is 11.8 Å². The van der Waals surface area contributed by atoms with Crippen LogP contribution in [0, 0.1) is 0 Å². The molecule has 1 aromatic carbocycles. The van der Waals surface area contributed by atoms with Gasteiger partial charge in [0, 0.05) is 36.3 Å². The molecule has 5 nitrogen and oxygen atoms in total. The molecule has 0 unspecified atom stereocenters. The molecule has 6 heteroatoms. The Morgan fingerprint density at radius 2 is 1.82 bits per heavy atom. The van der Waals surface area contributed by atoms with E-state index in [1.165, 1.54) is 0 Å². The molecule has 0 spiro atoms. The van der Waals surface area contributed by atoms with E-state index >= 15 is 0 Å². The van der Waals surface area contributed by atoms with Crippen molar-refractivity contribution >= 4 is 34.5 Å². The van der Waals surface area contributed by atoms with Gasteiger partial charge < -0.3 is 15.2 Å². The summed E-state index contributed by atoms with van der Waals surface area (Å²) in [6, 6.07) is 7.15. The van der Waals surface area contributed by atoms with Gasteiger partial charge in [0.05, 0.1) is 0 Å². The number of piperazine rings is 1. The second-order valence-corrected chi connectivity index (χ2v) is 6.47. The van der Waals surface area contributed by atoms with Gasteiger partial charge in [-0.1, -0.05) is 18.2 Å². The largest absolute Gasteiger partial charge is 0.350 e. The molecule has 116 valence electrons. The molecular formula is C16H19N3O2S. The fourth-order valence-electron chi connectivity index (χ4n) is 2.91. The molecule has 2 amide bonds. The predicted octanol–water partition coefficient (Wildman–Crippen LogP) is 1.07. The lowest BCUT2D eigenvalue weighted by Crippen LogP contribution is -2.63. The second kappa shape index (κ2) is 6.04. The molecule has 2 N–H and O–H groups in total. The van der Waals surface area contributed by atoms with Crippen molar-refractivity contribution in [1.82, 2.24) is 15.2 Å². The Labute approximate surface area is 133 Å². The summed E-state index contributed by atoms with van der Waals surface area (Å²) in [6.45, 7) is 0. The fourth-order valence-corrected chi connectivity index (χ4v) is 3.48. The maximum Gasteiger partial charge on any atom is 0.244 e.